The third-order valence-corrected chi connectivity index (χ3v) is 1.20. The molecule has 0 bridgehead atoms. The van der Waals surface area contributed by atoms with E-state index in [1.807, 2.05) is 0 Å². The highest BCUT2D eigenvalue weighted by atomic mass is 19.4. The van der Waals surface area contributed by atoms with Crippen molar-refractivity contribution in [1.29, 1.82) is 0 Å². The highest BCUT2D eigenvalue weighted by Gasteiger charge is 2.55. The van der Waals surface area contributed by atoms with Crippen molar-refractivity contribution >= 4 is 14.0 Å². The molecule has 0 aromatic rings. The average molecular weight is 308 g/mol. The van der Waals surface area contributed by atoms with Gasteiger partial charge in [0.25, 0.3) is 0 Å². The molecule has 0 saturated carbocycles. The second kappa shape index (κ2) is 6.19. The Kier molecular flexibility index (Phi) is 5.98. The molecule has 0 radical (unpaired) electrons. The number of hydrogen-bond donors (Lipinski definition) is 0. The van der Waals surface area contributed by atoms with Crippen LogP contribution in [0, 0.1) is 0 Å². The lowest BCUT2D eigenvalue weighted by Crippen LogP contribution is -2.52. The van der Waals surface area contributed by atoms with E-state index in [1.165, 1.54) is 0 Å². The Morgan fingerprint density at radius 1 is 0.579 bits per heavy atom. The van der Waals surface area contributed by atoms with E-state index in [4.69, 9.17) is 0 Å². The molecule has 0 aromatic carbocycles. The zero-order valence-corrected chi connectivity index (χ0v) is 8.69. The van der Waals surface area contributed by atoms with Gasteiger partial charge in [-0.15, -0.1) is 39.5 Å². The van der Waals surface area contributed by atoms with E-state index in [9.17, 15) is 39.5 Å². The van der Waals surface area contributed by atoms with Gasteiger partial charge in [0.2, 0.25) is 0 Å². The van der Waals surface area contributed by atoms with Gasteiger partial charge in [-0.1, -0.05) is 0 Å². The molecule has 4 nitrogen and oxygen atoms in total. The van der Waals surface area contributed by atoms with E-state index < -0.39 is 33.1 Å². The first kappa shape index (κ1) is 18.3. The van der Waals surface area contributed by atoms with E-state index >= 15 is 0 Å². The lowest BCUT2D eigenvalue weighted by Gasteiger charge is -2.22. The van der Waals surface area contributed by atoms with Gasteiger partial charge in [0.15, 0.2) is 0 Å². The summed E-state index contributed by atoms with van der Waals surface area (Å²) in [7, 11) is -6.32. The molecule has 0 rings (SSSR count). The Morgan fingerprint density at radius 3 is 1.05 bits per heavy atom. The number of alkyl halides is 9. The fraction of sp³-hybridized carbons (Fsp3) is 1.00. The fourth-order valence-electron chi connectivity index (χ4n) is 0.745. The minimum absolute atomic E-state index is 0.364. The highest BCUT2D eigenvalue weighted by molar-refractivity contribution is 7.10. The summed E-state index contributed by atoms with van der Waals surface area (Å²) in [5, 5.41) is 0. The van der Waals surface area contributed by atoms with E-state index in [2.05, 4.69) is 18.6 Å². The molecule has 0 saturated heterocycles. The minimum atomic E-state index is -5.71. The first-order chi connectivity index (χ1) is 8.23. The van der Waals surface area contributed by atoms with Crippen LogP contribution in [0.3, 0.4) is 0 Å². The molecular weight excluding hydrogens is 305 g/mol. The summed E-state index contributed by atoms with van der Waals surface area (Å²) in [4.78, 5) is 0. The Hall–Kier alpha value is -0.660. The number of halogens is 9. The van der Waals surface area contributed by atoms with Crippen molar-refractivity contribution in [1.82, 2.24) is 0 Å². The topological polar surface area (TPSA) is 36.9 Å². The van der Waals surface area contributed by atoms with Crippen LogP contribution in [-0.4, -0.2) is 40.2 Å². The smallest absolute Gasteiger partial charge is 0.416 e. The van der Waals surface area contributed by atoms with Gasteiger partial charge >= 0.3 is 33.1 Å². The van der Waals surface area contributed by atoms with Gasteiger partial charge in [-0.05, 0) is 0 Å². The molecule has 0 fully saturated rings. The van der Waals surface area contributed by atoms with Crippen molar-refractivity contribution in [3.63, 3.8) is 0 Å². The van der Waals surface area contributed by atoms with Crippen LogP contribution in [0.1, 0.15) is 0 Å². The standard InChI is InChI=1S/C4H3B2F9O4/c1-16-5(17-2(7,8)9)6(18-3(10,11)12)19-4(13,14)15/h1H3. The fourth-order valence-corrected chi connectivity index (χ4v) is 0.745. The first-order valence-electron chi connectivity index (χ1n) is 4.00. The van der Waals surface area contributed by atoms with E-state index in [0.29, 0.717) is 7.11 Å². The van der Waals surface area contributed by atoms with Crippen LogP contribution in [0.4, 0.5) is 39.5 Å². The first-order valence-corrected chi connectivity index (χ1v) is 4.00. The molecular formula is C4H3B2F9O4. The summed E-state index contributed by atoms with van der Waals surface area (Å²) in [5.41, 5.74) is 0. The summed E-state index contributed by atoms with van der Waals surface area (Å²) in [5.74, 6) is 0. The summed E-state index contributed by atoms with van der Waals surface area (Å²) in [6.07, 6.45) is -17.0. The maximum Gasteiger partial charge on any atom is 0.510 e. The molecule has 0 spiro atoms. The predicted molar refractivity (Wildman–Crippen MR) is 39.9 cm³/mol. The van der Waals surface area contributed by atoms with Gasteiger partial charge < -0.3 is 18.6 Å². The second-order valence-electron chi connectivity index (χ2n) is 2.66. The van der Waals surface area contributed by atoms with E-state index in [1.54, 1.807) is 0 Å². The molecule has 0 atom stereocenters. The molecule has 0 aliphatic heterocycles. The molecule has 15 heteroatoms. The monoisotopic (exact) mass is 308 g/mol. The predicted octanol–water partition coefficient (Wildman–Crippen LogP) is 2.30. The van der Waals surface area contributed by atoms with Crippen LogP contribution < -0.4 is 0 Å². The van der Waals surface area contributed by atoms with Crippen molar-refractivity contribution in [2.24, 2.45) is 0 Å². The summed E-state index contributed by atoms with van der Waals surface area (Å²) in [6, 6.07) is 0. The maximum atomic E-state index is 11.7. The SMILES string of the molecule is COB(OC(F)(F)F)B(OC(F)(F)F)OC(F)(F)F. The van der Waals surface area contributed by atoms with Gasteiger partial charge in [0.05, 0.1) is 0 Å². The van der Waals surface area contributed by atoms with Crippen molar-refractivity contribution in [2.75, 3.05) is 7.11 Å². The van der Waals surface area contributed by atoms with Crippen LogP contribution in [0.15, 0.2) is 0 Å². The molecule has 0 amide bonds. The third-order valence-electron chi connectivity index (χ3n) is 1.20. The molecule has 0 unspecified atom stereocenters. The Bertz CT molecular complexity index is 259. The lowest BCUT2D eigenvalue weighted by molar-refractivity contribution is -0.318. The quantitative estimate of drug-likeness (QED) is 0.577. The largest absolute Gasteiger partial charge is 0.510 e. The van der Waals surface area contributed by atoms with Gasteiger partial charge in [0, 0.05) is 7.11 Å². The van der Waals surface area contributed by atoms with Crippen molar-refractivity contribution < 1.29 is 58.1 Å². The van der Waals surface area contributed by atoms with Crippen LogP contribution in [0.5, 0.6) is 0 Å². The van der Waals surface area contributed by atoms with Gasteiger partial charge in [0.1, 0.15) is 0 Å². The van der Waals surface area contributed by atoms with E-state index in [-0.39, 0.29) is 0 Å². The molecule has 0 aromatic heterocycles. The van der Waals surface area contributed by atoms with Gasteiger partial charge in [-0.2, -0.15) is 0 Å². The zero-order valence-electron chi connectivity index (χ0n) is 8.69. The molecule has 0 heterocycles. The van der Waals surface area contributed by atoms with Crippen molar-refractivity contribution in [3.8, 4) is 0 Å². The van der Waals surface area contributed by atoms with E-state index in [0.717, 1.165) is 0 Å². The highest BCUT2D eigenvalue weighted by Crippen LogP contribution is 2.27. The summed E-state index contributed by atoms with van der Waals surface area (Å²) >= 11 is 0. The average Bonchev–Trinajstić information content (AvgIpc) is 2.06. The Balaban J connectivity index is 4.97. The lowest BCUT2D eigenvalue weighted by atomic mass is 9.48. The second-order valence-corrected chi connectivity index (χ2v) is 2.66. The molecule has 19 heavy (non-hydrogen) atoms. The number of rotatable bonds is 5. The van der Waals surface area contributed by atoms with Crippen LogP contribution in [-0.2, 0) is 18.6 Å². The molecule has 112 valence electrons. The van der Waals surface area contributed by atoms with Gasteiger partial charge in [-0.3, -0.25) is 0 Å². The minimum Gasteiger partial charge on any atom is -0.416 e. The van der Waals surface area contributed by atoms with Crippen LogP contribution in [0.25, 0.3) is 0 Å². The van der Waals surface area contributed by atoms with Gasteiger partial charge in [-0.25, -0.2) is 0 Å². The zero-order chi connectivity index (χ0) is 15.5. The maximum absolute atomic E-state index is 11.7. The van der Waals surface area contributed by atoms with Crippen LogP contribution in [0.2, 0.25) is 0 Å². The third kappa shape index (κ3) is 9.86. The summed E-state index contributed by atoms with van der Waals surface area (Å²) < 4.78 is 118. The normalized spacial score (nSPS) is 13.6. The van der Waals surface area contributed by atoms with Crippen molar-refractivity contribution in [2.45, 2.75) is 19.1 Å². The summed E-state index contributed by atoms with van der Waals surface area (Å²) in [6.45, 7) is 0. The Morgan fingerprint density at radius 2 is 0.842 bits per heavy atom. The number of hydrogen-bond acceptors (Lipinski definition) is 4. The van der Waals surface area contributed by atoms with Crippen LogP contribution >= 0.6 is 0 Å². The Labute approximate surface area is 99.5 Å². The molecule has 0 aliphatic carbocycles. The van der Waals surface area contributed by atoms with Crippen molar-refractivity contribution in [3.05, 3.63) is 0 Å². The molecule has 0 N–H and O–H groups in total. The molecule has 0 aliphatic rings.